The molecule has 0 aliphatic carbocycles. The van der Waals surface area contributed by atoms with Crippen molar-refractivity contribution in [1.29, 1.82) is 0 Å². The average molecular weight is 561 g/mol. The number of guanidine groups is 1. The first-order valence-electron chi connectivity index (χ1n) is 10.9. The number of carbonyl (C=O) groups is 1. The van der Waals surface area contributed by atoms with Gasteiger partial charge in [0.2, 0.25) is 5.89 Å². The molecule has 1 aromatic heterocycles. The molecule has 0 aliphatic rings. The molecule has 0 unspecified atom stereocenters. The van der Waals surface area contributed by atoms with E-state index in [-0.39, 0.29) is 29.9 Å². The van der Waals surface area contributed by atoms with Gasteiger partial charge in [0, 0.05) is 44.2 Å². The van der Waals surface area contributed by atoms with E-state index in [9.17, 15) is 4.79 Å². The molecule has 0 saturated carbocycles. The van der Waals surface area contributed by atoms with E-state index in [0.29, 0.717) is 31.0 Å². The molecular weight excluding hydrogens is 529 g/mol. The molecule has 0 fully saturated rings. The van der Waals surface area contributed by atoms with E-state index in [4.69, 9.17) is 4.42 Å². The van der Waals surface area contributed by atoms with Crippen LogP contribution in [0.2, 0.25) is 0 Å². The first-order chi connectivity index (χ1) is 15.6. The minimum absolute atomic E-state index is 0. The number of carbonyl (C=O) groups excluding carboxylic acids is 1. The van der Waals surface area contributed by atoms with Crippen LogP contribution in [0.5, 0.6) is 0 Å². The molecule has 1 heterocycles. The first kappa shape index (κ1) is 26.4. The molecule has 176 valence electrons. The number of benzene rings is 2. The van der Waals surface area contributed by atoms with Gasteiger partial charge in [-0.05, 0) is 50.1 Å². The molecule has 8 heteroatoms. The second-order valence-corrected chi connectivity index (χ2v) is 7.48. The van der Waals surface area contributed by atoms with E-state index in [2.05, 4.69) is 32.9 Å². The van der Waals surface area contributed by atoms with Crippen LogP contribution in [0.3, 0.4) is 0 Å². The first-order valence-corrected chi connectivity index (χ1v) is 10.9. The Morgan fingerprint density at radius 3 is 2.61 bits per heavy atom. The minimum atomic E-state index is -0.0758. The fourth-order valence-corrected chi connectivity index (χ4v) is 3.21. The summed E-state index contributed by atoms with van der Waals surface area (Å²) in [4.78, 5) is 21.0. The Balaban J connectivity index is 0.00000385. The van der Waals surface area contributed by atoms with Gasteiger partial charge in [-0.15, -0.1) is 24.0 Å². The van der Waals surface area contributed by atoms with Gasteiger partial charge in [-0.2, -0.15) is 0 Å². The van der Waals surface area contributed by atoms with Gasteiger partial charge in [0.05, 0.1) is 5.69 Å². The number of aryl methyl sites for hydroxylation is 1. The summed E-state index contributed by atoms with van der Waals surface area (Å²) < 4.78 is 5.62. The zero-order valence-corrected chi connectivity index (χ0v) is 21.7. The fraction of sp³-hybridized carbons (Fsp3) is 0.320. The van der Waals surface area contributed by atoms with Crippen molar-refractivity contribution in [3.05, 3.63) is 77.2 Å². The number of aromatic nitrogens is 1. The lowest BCUT2D eigenvalue weighted by molar-refractivity contribution is 0.0963. The van der Waals surface area contributed by atoms with Gasteiger partial charge in [0.15, 0.2) is 5.96 Å². The lowest BCUT2D eigenvalue weighted by Crippen LogP contribution is -2.38. The van der Waals surface area contributed by atoms with E-state index < -0.39 is 0 Å². The normalized spacial score (nSPS) is 10.9. The molecule has 1 amide bonds. The van der Waals surface area contributed by atoms with Crippen LogP contribution in [0.4, 0.5) is 0 Å². The van der Waals surface area contributed by atoms with Crippen molar-refractivity contribution in [2.75, 3.05) is 26.7 Å². The zero-order valence-electron chi connectivity index (χ0n) is 19.4. The third-order valence-corrected chi connectivity index (χ3v) is 4.95. The molecule has 3 rings (SSSR count). The highest BCUT2D eigenvalue weighted by atomic mass is 127. The molecular formula is C25H32IN5O2. The van der Waals surface area contributed by atoms with Gasteiger partial charge in [-0.3, -0.25) is 9.79 Å². The molecule has 0 radical (unpaired) electrons. The van der Waals surface area contributed by atoms with E-state index >= 15 is 0 Å². The predicted molar refractivity (Wildman–Crippen MR) is 143 cm³/mol. The second kappa shape index (κ2) is 13.6. The molecule has 33 heavy (non-hydrogen) atoms. The molecule has 2 aromatic carbocycles. The number of aliphatic imine (C=N–C) groups is 1. The van der Waals surface area contributed by atoms with Crippen molar-refractivity contribution in [1.82, 2.24) is 20.9 Å². The second-order valence-electron chi connectivity index (χ2n) is 7.48. The summed E-state index contributed by atoms with van der Waals surface area (Å²) in [6, 6.07) is 15.8. The number of hydrogen-bond acceptors (Lipinski definition) is 4. The van der Waals surface area contributed by atoms with Gasteiger partial charge >= 0.3 is 0 Å². The number of amides is 1. The summed E-state index contributed by atoms with van der Waals surface area (Å²) in [6.45, 7) is 6.18. The van der Waals surface area contributed by atoms with Crippen LogP contribution in [-0.2, 0) is 12.8 Å². The molecule has 3 N–H and O–H groups in total. The Morgan fingerprint density at radius 1 is 1.09 bits per heavy atom. The smallest absolute Gasteiger partial charge is 0.251 e. The molecule has 0 saturated heterocycles. The third kappa shape index (κ3) is 8.20. The van der Waals surface area contributed by atoms with Crippen molar-refractivity contribution in [3.8, 4) is 11.5 Å². The van der Waals surface area contributed by atoms with E-state index in [1.807, 2.05) is 55.5 Å². The summed E-state index contributed by atoms with van der Waals surface area (Å²) >= 11 is 0. The topological polar surface area (TPSA) is 91.6 Å². The lowest BCUT2D eigenvalue weighted by atomic mass is 10.1. The molecule has 0 spiro atoms. The van der Waals surface area contributed by atoms with Gasteiger partial charge < -0.3 is 20.4 Å². The van der Waals surface area contributed by atoms with Crippen LogP contribution >= 0.6 is 24.0 Å². The summed E-state index contributed by atoms with van der Waals surface area (Å²) in [6.07, 6.45) is 3.18. The molecule has 0 bridgehead atoms. The van der Waals surface area contributed by atoms with Gasteiger partial charge in [-0.1, -0.05) is 29.8 Å². The minimum Gasteiger partial charge on any atom is -0.444 e. The maximum Gasteiger partial charge on any atom is 0.251 e. The number of halogens is 1. The van der Waals surface area contributed by atoms with Crippen LogP contribution in [-0.4, -0.2) is 43.5 Å². The summed E-state index contributed by atoms with van der Waals surface area (Å²) in [7, 11) is 1.64. The standard InChI is InChI=1S/C25H31N5O2.HI/c1-4-27-25(28-14-12-19-6-5-7-21(16-19)23(31)26-3)29-15-13-22-17-32-24(30-22)20-10-8-18(2)9-11-20;/h5-11,16-17H,4,12-15H2,1-3H3,(H,26,31)(H2,27,28,29);1H. The van der Waals surface area contributed by atoms with Crippen LogP contribution in [0.25, 0.3) is 11.5 Å². The number of oxazole rings is 1. The van der Waals surface area contributed by atoms with Crippen molar-refractivity contribution >= 4 is 35.8 Å². The Kier molecular flexibility index (Phi) is 10.9. The van der Waals surface area contributed by atoms with E-state index in [1.165, 1.54) is 5.56 Å². The highest BCUT2D eigenvalue weighted by molar-refractivity contribution is 14.0. The van der Waals surface area contributed by atoms with Gasteiger partial charge in [0.25, 0.3) is 5.91 Å². The van der Waals surface area contributed by atoms with Crippen molar-refractivity contribution in [2.45, 2.75) is 26.7 Å². The number of rotatable bonds is 9. The van der Waals surface area contributed by atoms with E-state index in [0.717, 1.165) is 35.7 Å². The van der Waals surface area contributed by atoms with Crippen LogP contribution in [0.15, 0.2) is 64.2 Å². The molecule has 7 nitrogen and oxygen atoms in total. The monoisotopic (exact) mass is 561 g/mol. The SMILES string of the molecule is CCNC(=NCCc1coc(-c2ccc(C)cc2)n1)NCCc1cccc(C(=O)NC)c1.I. The third-order valence-electron chi connectivity index (χ3n) is 4.95. The summed E-state index contributed by atoms with van der Waals surface area (Å²) in [5.41, 5.74) is 4.83. The Morgan fingerprint density at radius 2 is 1.88 bits per heavy atom. The molecule has 3 aromatic rings. The Bertz CT molecular complexity index is 1050. The average Bonchev–Trinajstić information content (AvgIpc) is 3.28. The molecule has 0 aliphatic heterocycles. The van der Waals surface area contributed by atoms with Crippen LogP contribution in [0, 0.1) is 6.92 Å². The largest absolute Gasteiger partial charge is 0.444 e. The Labute approximate surface area is 212 Å². The maximum absolute atomic E-state index is 11.8. The van der Waals surface area contributed by atoms with E-state index in [1.54, 1.807) is 13.3 Å². The number of nitrogens with zero attached hydrogens (tertiary/aromatic N) is 2. The zero-order chi connectivity index (χ0) is 22.8. The quantitative estimate of drug-likeness (QED) is 0.209. The van der Waals surface area contributed by atoms with Gasteiger partial charge in [0.1, 0.15) is 6.26 Å². The van der Waals surface area contributed by atoms with Crippen molar-refractivity contribution in [2.24, 2.45) is 4.99 Å². The molecule has 0 atom stereocenters. The number of nitrogens with one attached hydrogen (secondary N) is 3. The van der Waals surface area contributed by atoms with Crippen LogP contribution < -0.4 is 16.0 Å². The lowest BCUT2D eigenvalue weighted by Gasteiger charge is -2.11. The van der Waals surface area contributed by atoms with Crippen molar-refractivity contribution < 1.29 is 9.21 Å². The van der Waals surface area contributed by atoms with Crippen molar-refractivity contribution in [3.63, 3.8) is 0 Å². The summed E-state index contributed by atoms with van der Waals surface area (Å²) in [5, 5.41) is 9.26. The predicted octanol–water partition coefficient (Wildman–Crippen LogP) is 3.97. The number of hydrogen-bond donors (Lipinski definition) is 3. The van der Waals surface area contributed by atoms with Gasteiger partial charge in [-0.25, -0.2) is 4.98 Å². The Hall–Kier alpha value is -2.88. The fourth-order valence-electron chi connectivity index (χ4n) is 3.21. The van der Waals surface area contributed by atoms with Crippen LogP contribution in [0.1, 0.15) is 34.1 Å². The highest BCUT2D eigenvalue weighted by Crippen LogP contribution is 2.19. The maximum atomic E-state index is 11.8. The summed E-state index contributed by atoms with van der Waals surface area (Å²) in [5.74, 6) is 1.32. The highest BCUT2D eigenvalue weighted by Gasteiger charge is 2.07.